The van der Waals surface area contributed by atoms with Crippen molar-refractivity contribution >= 4 is 5.91 Å². The second-order valence-corrected chi connectivity index (χ2v) is 6.36. The predicted octanol–water partition coefficient (Wildman–Crippen LogP) is 4.52. The molecule has 5 nitrogen and oxygen atoms in total. The molecule has 0 aliphatic heterocycles. The van der Waals surface area contributed by atoms with Gasteiger partial charge in [0.05, 0.1) is 19.8 Å². The second kappa shape index (κ2) is 11.1. The normalized spacial score (nSPS) is 11.5. The van der Waals surface area contributed by atoms with E-state index in [1.165, 1.54) is 0 Å². The minimum atomic E-state index is -0.176. The molecule has 0 spiro atoms. The number of ether oxygens (including phenoxy) is 3. The van der Waals surface area contributed by atoms with Crippen LogP contribution in [-0.2, 0) is 4.79 Å². The first-order chi connectivity index (χ1) is 13.1. The molecule has 2 aromatic carbocycles. The number of unbranched alkanes of at least 4 members (excludes halogenated alkanes) is 2. The minimum absolute atomic E-state index is 0.0237. The lowest BCUT2D eigenvalue weighted by Gasteiger charge is -2.17. The molecule has 146 valence electrons. The van der Waals surface area contributed by atoms with E-state index in [9.17, 15) is 4.79 Å². The topological polar surface area (TPSA) is 56.8 Å². The third kappa shape index (κ3) is 6.85. The maximum atomic E-state index is 12.1. The zero-order valence-corrected chi connectivity index (χ0v) is 16.4. The lowest BCUT2D eigenvalue weighted by Crippen LogP contribution is -2.31. The fourth-order valence-corrected chi connectivity index (χ4v) is 2.64. The van der Waals surface area contributed by atoms with Crippen molar-refractivity contribution in [3.8, 4) is 17.2 Å². The summed E-state index contributed by atoms with van der Waals surface area (Å²) < 4.78 is 16.7. The SMILES string of the molecule is CCCCCOc1ccc(C(C)NC(=O)COc2ccccc2)cc1OC. The number of hydrogen-bond acceptors (Lipinski definition) is 4. The van der Waals surface area contributed by atoms with Gasteiger partial charge in [-0.2, -0.15) is 0 Å². The number of rotatable bonds is 11. The summed E-state index contributed by atoms with van der Waals surface area (Å²) >= 11 is 0. The number of methoxy groups -OCH3 is 1. The van der Waals surface area contributed by atoms with Crippen molar-refractivity contribution in [2.24, 2.45) is 0 Å². The Morgan fingerprint density at radius 3 is 2.52 bits per heavy atom. The Labute approximate surface area is 161 Å². The molecule has 0 radical (unpaired) electrons. The lowest BCUT2D eigenvalue weighted by atomic mass is 10.1. The number of hydrogen-bond donors (Lipinski definition) is 1. The van der Waals surface area contributed by atoms with Gasteiger partial charge in [0.1, 0.15) is 5.75 Å². The standard InChI is InChI=1S/C22H29NO4/c1-4-5-9-14-26-20-13-12-18(15-21(20)25-3)17(2)23-22(24)16-27-19-10-7-6-8-11-19/h6-8,10-13,15,17H,4-5,9,14,16H2,1-3H3,(H,23,24). The Bertz CT molecular complexity index is 703. The molecule has 2 rings (SSSR count). The first-order valence-electron chi connectivity index (χ1n) is 9.42. The Balaban J connectivity index is 1.89. The van der Waals surface area contributed by atoms with Crippen LogP contribution in [0, 0.1) is 0 Å². The molecule has 1 amide bonds. The third-order valence-electron chi connectivity index (χ3n) is 4.18. The van der Waals surface area contributed by atoms with Gasteiger partial charge in [-0.1, -0.05) is 44.0 Å². The van der Waals surface area contributed by atoms with Crippen molar-refractivity contribution in [2.45, 2.75) is 39.2 Å². The maximum absolute atomic E-state index is 12.1. The van der Waals surface area contributed by atoms with Crippen molar-refractivity contribution in [1.82, 2.24) is 5.32 Å². The molecule has 0 aliphatic rings. The summed E-state index contributed by atoms with van der Waals surface area (Å²) in [4.78, 5) is 12.1. The number of para-hydroxylation sites is 1. The summed E-state index contributed by atoms with van der Waals surface area (Å²) in [6, 6.07) is 14.9. The van der Waals surface area contributed by atoms with Crippen molar-refractivity contribution in [3.63, 3.8) is 0 Å². The van der Waals surface area contributed by atoms with E-state index in [-0.39, 0.29) is 18.6 Å². The third-order valence-corrected chi connectivity index (χ3v) is 4.18. The second-order valence-electron chi connectivity index (χ2n) is 6.36. The Morgan fingerprint density at radius 2 is 1.81 bits per heavy atom. The predicted molar refractivity (Wildman–Crippen MR) is 107 cm³/mol. The van der Waals surface area contributed by atoms with Gasteiger partial charge in [-0.3, -0.25) is 4.79 Å². The van der Waals surface area contributed by atoms with Crippen LogP contribution in [0.5, 0.6) is 17.2 Å². The molecular weight excluding hydrogens is 342 g/mol. The van der Waals surface area contributed by atoms with Crippen LogP contribution in [0.15, 0.2) is 48.5 Å². The summed E-state index contributed by atoms with van der Waals surface area (Å²) in [5, 5.41) is 2.94. The van der Waals surface area contributed by atoms with Gasteiger partial charge in [0, 0.05) is 0 Å². The van der Waals surface area contributed by atoms with E-state index in [4.69, 9.17) is 14.2 Å². The van der Waals surface area contributed by atoms with Crippen LogP contribution >= 0.6 is 0 Å². The number of amides is 1. The van der Waals surface area contributed by atoms with E-state index in [0.717, 1.165) is 30.6 Å². The smallest absolute Gasteiger partial charge is 0.258 e. The first kappa shape index (κ1) is 20.6. The summed E-state index contributed by atoms with van der Waals surface area (Å²) in [5.74, 6) is 1.89. The van der Waals surface area contributed by atoms with Gasteiger partial charge < -0.3 is 19.5 Å². The summed E-state index contributed by atoms with van der Waals surface area (Å²) in [7, 11) is 1.62. The van der Waals surface area contributed by atoms with Crippen LogP contribution < -0.4 is 19.5 Å². The molecule has 0 saturated carbocycles. The van der Waals surface area contributed by atoms with Crippen molar-refractivity contribution < 1.29 is 19.0 Å². The van der Waals surface area contributed by atoms with Crippen LogP contribution in [0.25, 0.3) is 0 Å². The van der Waals surface area contributed by atoms with E-state index in [1.807, 2.05) is 55.5 Å². The van der Waals surface area contributed by atoms with Crippen LogP contribution in [-0.4, -0.2) is 26.2 Å². The zero-order chi connectivity index (χ0) is 19.5. The molecule has 0 heterocycles. The fourth-order valence-electron chi connectivity index (χ4n) is 2.64. The molecule has 0 saturated heterocycles. The zero-order valence-electron chi connectivity index (χ0n) is 16.4. The fraction of sp³-hybridized carbons (Fsp3) is 0.409. The molecule has 1 unspecified atom stereocenters. The average Bonchev–Trinajstić information content (AvgIpc) is 2.70. The molecule has 2 aromatic rings. The van der Waals surface area contributed by atoms with Gasteiger partial charge >= 0.3 is 0 Å². The number of nitrogens with one attached hydrogen (secondary N) is 1. The highest BCUT2D eigenvalue weighted by Crippen LogP contribution is 2.30. The summed E-state index contributed by atoms with van der Waals surface area (Å²) in [6.45, 7) is 4.74. The molecule has 0 fully saturated rings. The highest BCUT2D eigenvalue weighted by Gasteiger charge is 2.13. The van der Waals surface area contributed by atoms with Crippen molar-refractivity contribution in [2.75, 3.05) is 20.3 Å². The van der Waals surface area contributed by atoms with Gasteiger partial charge in [-0.25, -0.2) is 0 Å². The van der Waals surface area contributed by atoms with Crippen LogP contribution in [0.4, 0.5) is 0 Å². The van der Waals surface area contributed by atoms with Gasteiger partial charge in [-0.15, -0.1) is 0 Å². The largest absolute Gasteiger partial charge is 0.493 e. The quantitative estimate of drug-likeness (QED) is 0.590. The van der Waals surface area contributed by atoms with Gasteiger partial charge in [0.25, 0.3) is 5.91 Å². The van der Waals surface area contributed by atoms with E-state index < -0.39 is 0 Å². The molecule has 1 atom stereocenters. The van der Waals surface area contributed by atoms with Crippen LogP contribution in [0.3, 0.4) is 0 Å². The first-order valence-corrected chi connectivity index (χ1v) is 9.42. The van der Waals surface area contributed by atoms with Crippen LogP contribution in [0.1, 0.15) is 44.7 Å². The lowest BCUT2D eigenvalue weighted by molar-refractivity contribution is -0.123. The maximum Gasteiger partial charge on any atom is 0.258 e. The summed E-state index contributed by atoms with van der Waals surface area (Å²) in [5.41, 5.74) is 0.945. The Kier molecular flexibility index (Phi) is 8.49. The number of benzene rings is 2. The molecule has 1 N–H and O–H groups in total. The minimum Gasteiger partial charge on any atom is -0.493 e. The molecule has 0 aromatic heterocycles. The average molecular weight is 371 g/mol. The van der Waals surface area contributed by atoms with Crippen molar-refractivity contribution in [3.05, 3.63) is 54.1 Å². The highest BCUT2D eigenvalue weighted by atomic mass is 16.5. The summed E-state index contributed by atoms with van der Waals surface area (Å²) in [6.07, 6.45) is 3.33. The van der Waals surface area contributed by atoms with Gasteiger partial charge in [-0.05, 0) is 43.2 Å². The van der Waals surface area contributed by atoms with E-state index in [2.05, 4.69) is 12.2 Å². The number of carbonyl (C=O) groups is 1. The van der Waals surface area contributed by atoms with Crippen molar-refractivity contribution in [1.29, 1.82) is 0 Å². The van der Waals surface area contributed by atoms with Gasteiger partial charge in [0.2, 0.25) is 0 Å². The molecule has 5 heteroatoms. The molecular formula is C22H29NO4. The highest BCUT2D eigenvalue weighted by molar-refractivity contribution is 5.78. The monoisotopic (exact) mass is 371 g/mol. The molecule has 27 heavy (non-hydrogen) atoms. The van der Waals surface area contributed by atoms with E-state index in [1.54, 1.807) is 7.11 Å². The van der Waals surface area contributed by atoms with Gasteiger partial charge in [0.15, 0.2) is 18.1 Å². The Morgan fingerprint density at radius 1 is 1.04 bits per heavy atom. The van der Waals surface area contributed by atoms with Crippen LogP contribution in [0.2, 0.25) is 0 Å². The molecule has 0 bridgehead atoms. The Hall–Kier alpha value is -2.69. The van der Waals surface area contributed by atoms with E-state index in [0.29, 0.717) is 18.1 Å². The number of carbonyl (C=O) groups excluding carboxylic acids is 1. The van der Waals surface area contributed by atoms with E-state index >= 15 is 0 Å². The molecule has 0 aliphatic carbocycles.